The van der Waals surface area contributed by atoms with E-state index in [4.69, 9.17) is 4.98 Å². The summed E-state index contributed by atoms with van der Waals surface area (Å²) in [4.78, 5) is 27.6. The molecule has 10 heteroatoms. The zero-order chi connectivity index (χ0) is 23.8. The summed E-state index contributed by atoms with van der Waals surface area (Å²) in [6, 6.07) is 10.5. The van der Waals surface area contributed by atoms with E-state index < -0.39 is 6.10 Å². The Hall–Kier alpha value is -3.89. The van der Waals surface area contributed by atoms with E-state index in [0.29, 0.717) is 27.1 Å². The number of benzene rings is 2. The molecule has 5 aromatic rings. The molecule has 3 heterocycles. The predicted octanol–water partition coefficient (Wildman–Crippen LogP) is 4.03. The van der Waals surface area contributed by atoms with E-state index in [-0.39, 0.29) is 17.9 Å². The summed E-state index contributed by atoms with van der Waals surface area (Å²) in [6.07, 6.45) is 5.98. The third kappa shape index (κ3) is 4.09. The van der Waals surface area contributed by atoms with Crippen LogP contribution in [0.5, 0.6) is 5.75 Å². The Balaban J connectivity index is 1.48. The van der Waals surface area contributed by atoms with Crippen LogP contribution in [0, 0.1) is 6.92 Å². The predicted molar refractivity (Wildman–Crippen MR) is 133 cm³/mol. The van der Waals surface area contributed by atoms with Crippen LogP contribution in [0.25, 0.3) is 28.1 Å². The van der Waals surface area contributed by atoms with Gasteiger partial charge in [-0.1, -0.05) is 6.07 Å². The third-order valence-corrected chi connectivity index (χ3v) is 6.24. The highest BCUT2D eigenvalue weighted by atomic mass is 79.9. The second kappa shape index (κ2) is 8.81. The van der Waals surface area contributed by atoms with Crippen LogP contribution in [0.1, 0.15) is 17.2 Å². The van der Waals surface area contributed by atoms with Crippen molar-refractivity contribution in [2.75, 3.05) is 11.9 Å². The summed E-state index contributed by atoms with van der Waals surface area (Å²) in [5, 5.41) is 23.5. The molecule has 0 radical (unpaired) electrons. The molecule has 0 bridgehead atoms. The number of aliphatic hydroxyl groups excluding tert-OH is 1. The molecule has 0 aliphatic heterocycles. The minimum Gasteiger partial charge on any atom is -0.507 e. The van der Waals surface area contributed by atoms with Gasteiger partial charge in [0.1, 0.15) is 17.1 Å². The van der Waals surface area contributed by atoms with Crippen molar-refractivity contribution in [2.24, 2.45) is 0 Å². The number of pyridine rings is 1. The highest BCUT2D eigenvalue weighted by molar-refractivity contribution is 9.10. The second-order valence-electron chi connectivity index (χ2n) is 7.92. The van der Waals surface area contributed by atoms with Gasteiger partial charge < -0.3 is 30.1 Å². The van der Waals surface area contributed by atoms with Gasteiger partial charge in [0.25, 0.3) is 5.56 Å². The Labute approximate surface area is 202 Å². The largest absolute Gasteiger partial charge is 0.507 e. The molecule has 34 heavy (non-hydrogen) atoms. The second-order valence-corrected chi connectivity index (χ2v) is 8.77. The maximum absolute atomic E-state index is 12.8. The standard InChI is InChI=1S/C24H21BrN6O3/c1-13-8-15(31-7-6-26-12-31)10-18-22(13)30-23(29-18)21-17(4-5-27-24(21)34)28-11-20(33)14-2-3-19(32)16(25)9-14/h2-10,12,20,32-33H,11H2,1H3,(H,29,30)(H2,27,28,34). The number of halogens is 1. The van der Waals surface area contributed by atoms with Crippen LogP contribution in [0.4, 0.5) is 5.69 Å². The number of aromatic amines is 2. The number of anilines is 1. The van der Waals surface area contributed by atoms with Crippen molar-refractivity contribution in [1.29, 1.82) is 0 Å². The average Bonchev–Trinajstić information content (AvgIpc) is 3.49. The van der Waals surface area contributed by atoms with Gasteiger partial charge in [-0.05, 0) is 64.3 Å². The van der Waals surface area contributed by atoms with Crippen molar-refractivity contribution in [1.82, 2.24) is 24.5 Å². The Morgan fingerprint density at radius 1 is 1.24 bits per heavy atom. The number of aromatic hydroxyl groups is 1. The van der Waals surface area contributed by atoms with E-state index in [0.717, 1.165) is 22.3 Å². The molecule has 1 unspecified atom stereocenters. The first kappa shape index (κ1) is 21.9. The van der Waals surface area contributed by atoms with Crippen LogP contribution < -0.4 is 10.9 Å². The van der Waals surface area contributed by atoms with Crippen LogP contribution in [0.15, 0.2) is 70.6 Å². The summed E-state index contributed by atoms with van der Waals surface area (Å²) < 4.78 is 2.40. The van der Waals surface area contributed by atoms with Crippen LogP contribution in [-0.2, 0) is 0 Å². The van der Waals surface area contributed by atoms with Gasteiger partial charge in [0, 0.05) is 30.8 Å². The monoisotopic (exact) mass is 520 g/mol. The molecule has 0 aliphatic rings. The van der Waals surface area contributed by atoms with Crippen molar-refractivity contribution in [3.8, 4) is 22.8 Å². The number of rotatable bonds is 6. The number of hydrogen-bond acceptors (Lipinski definition) is 6. The molecule has 9 nitrogen and oxygen atoms in total. The average molecular weight is 521 g/mol. The number of imidazole rings is 2. The number of hydrogen-bond donors (Lipinski definition) is 5. The number of nitrogens with zero attached hydrogens (tertiary/aromatic N) is 3. The lowest BCUT2D eigenvalue weighted by atomic mass is 10.1. The summed E-state index contributed by atoms with van der Waals surface area (Å²) >= 11 is 3.26. The zero-order valence-corrected chi connectivity index (χ0v) is 19.7. The van der Waals surface area contributed by atoms with E-state index in [1.165, 1.54) is 6.07 Å². The minimum absolute atomic E-state index is 0.0946. The molecule has 0 saturated heterocycles. The molecule has 5 N–H and O–H groups in total. The molecule has 0 saturated carbocycles. The Morgan fingerprint density at radius 2 is 2.09 bits per heavy atom. The number of aromatic nitrogens is 5. The topological polar surface area (TPSA) is 132 Å². The molecule has 5 rings (SSSR count). The summed E-state index contributed by atoms with van der Waals surface area (Å²) in [5.74, 6) is 0.518. The molecular weight excluding hydrogens is 500 g/mol. The number of nitrogens with one attached hydrogen (secondary N) is 3. The molecule has 1 atom stereocenters. The van der Waals surface area contributed by atoms with Crippen LogP contribution in [0.3, 0.4) is 0 Å². The van der Waals surface area contributed by atoms with Crippen LogP contribution >= 0.6 is 15.9 Å². The molecule has 2 aromatic carbocycles. The fourth-order valence-corrected chi connectivity index (χ4v) is 4.26. The molecule has 3 aromatic heterocycles. The zero-order valence-electron chi connectivity index (χ0n) is 18.1. The summed E-state index contributed by atoms with van der Waals surface area (Å²) in [5.41, 5.74) is 4.64. The lowest BCUT2D eigenvalue weighted by Crippen LogP contribution is -2.17. The number of fused-ring (bicyclic) bond motifs is 1. The SMILES string of the molecule is Cc1cc(-n2ccnc2)cc2[nH]c(-c3c(NCC(O)c4ccc(O)c(Br)c4)cc[nH]c3=O)nc12. The first-order valence-corrected chi connectivity index (χ1v) is 11.3. The summed E-state index contributed by atoms with van der Waals surface area (Å²) in [7, 11) is 0. The number of aliphatic hydroxyl groups is 1. The Morgan fingerprint density at radius 3 is 2.85 bits per heavy atom. The highest BCUT2D eigenvalue weighted by Crippen LogP contribution is 2.29. The fraction of sp³-hybridized carbons (Fsp3) is 0.125. The van der Waals surface area contributed by atoms with Gasteiger partial charge in [0.05, 0.1) is 33.6 Å². The van der Waals surface area contributed by atoms with Gasteiger partial charge in [0.2, 0.25) is 0 Å². The van der Waals surface area contributed by atoms with Crippen molar-refractivity contribution in [3.63, 3.8) is 0 Å². The molecule has 0 fully saturated rings. The molecule has 172 valence electrons. The fourth-order valence-electron chi connectivity index (χ4n) is 3.87. The van der Waals surface area contributed by atoms with Crippen LogP contribution in [0.2, 0.25) is 0 Å². The molecule has 0 spiro atoms. The van der Waals surface area contributed by atoms with Gasteiger partial charge in [-0.3, -0.25) is 4.79 Å². The highest BCUT2D eigenvalue weighted by Gasteiger charge is 2.17. The van der Waals surface area contributed by atoms with Gasteiger partial charge >= 0.3 is 0 Å². The van der Waals surface area contributed by atoms with Crippen molar-refractivity contribution in [2.45, 2.75) is 13.0 Å². The van der Waals surface area contributed by atoms with Crippen LogP contribution in [-0.4, -0.2) is 41.3 Å². The van der Waals surface area contributed by atoms with Gasteiger partial charge in [-0.25, -0.2) is 9.97 Å². The maximum Gasteiger partial charge on any atom is 0.261 e. The van der Waals surface area contributed by atoms with Crippen molar-refractivity contribution >= 4 is 32.7 Å². The number of phenolic OH excluding ortho intramolecular Hbond substituents is 1. The molecule has 0 amide bonds. The third-order valence-electron chi connectivity index (χ3n) is 5.60. The Bertz CT molecular complexity index is 1540. The Kier molecular flexibility index (Phi) is 5.68. The first-order chi connectivity index (χ1) is 16.4. The quantitative estimate of drug-likeness (QED) is 0.229. The van der Waals surface area contributed by atoms with E-state index >= 15 is 0 Å². The van der Waals surface area contributed by atoms with E-state index in [1.807, 2.05) is 29.8 Å². The minimum atomic E-state index is -0.861. The lowest BCUT2D eigenvalue weighted by molar-refractivity contribution is 0.191. The maximum atomic E-state index is 12.8. The van der Waals surface area contributed by atoms with Gasteiger partial charge in [-0.15, -0.1) is 0 Å². The lowest BCUT2D eigenvalue weighted by Gasteiger charge is -2.15. The smallest absolute Gasteiger partial charge is 0.261 e. The van der Waals surface area contributed by atoms with Gasteiger partial charge in [-0.2, -0.15) is 0 Å². The number of aryl methyl sites for hydroxylation is 1. The van der Waals surface area contributed by atoms with Gasteiger partial charge in [0.15, 0.2) is 0 Å². The molecule has 0 aliphatic carbocycles. The van der Waals surface area contributed by atoms with E-state index in [9.17, 15) is 15.0 Å². The normalized spacial score (nSPS) is 12.2. The van der Waals surface area contributed by atoms with Crippen molar-refractivity contribution < 1.29 is 10.2 Å². The molecular formula is C24H21BrN6O3. The summed E-state index contributed by atoms with van der Waals surface area (Å²) in [6.45, 7) is 2.12. The number of H-pyrrole nitrogens is 2. The number of phenols is 1. The first-order valence-electron chi connectivity index (χ1n) is 10.5. The van der Waals surface area contributed by atoms with Crippen molar-refractivity contribution in [3.05, 3.63) is 87.3 Å². The van der Waals surface area contributed by atoms with E-state index in [1.54, 1.807) is 36.9 Å². The van der Waals surface area contributed by atoms with E-state index in [2.05, 4.69) is 36.2 Å².